The Balaban J connectivity index is 1.53. The lowest BCUT2D eigenvalue weighted by atomic mass is 10.1. The number of hydrogen-bond acceptors (Lipinski definition) is 4. The van der Waals surface area contributed by atoms with Gasteiger partial charge in [-0.2, -0.15) is 0 Å². The van der Waals surface area contributed by atoms with Crippen LogP contribution in [0.25, 0.3) is 0 Å². The van der Waals surface area contributed by atoms with Gasteiger partial charge in [0.15, 0.2) is 5.82 Å². The fraction of sp³-hybridized carbons (Fsp3) is 0.312. The quantitative estimate of drug-likeness (QED) is 0.933. The van der Waals surface area contributed by atoms with Gasteiger partial charge in [-0.05, 0) is 18.4 Å². The first kappa shape index (κ1) is 13.1. The Morgan fingerprint density at radius 3 is 2.95 bits per heavy atom. The van der Waals surface area contributed by atoms with Crippen molar-refractivity contribution in [2.75, 3.05) is 24.5 Å². The Morgan fingerprint density at radius 1 is 1.23 bits per heavy atom. The van der Waals surface area contributed by atoms with Crippen molar-refractivity contribution in [2.45, 2.75) is 12.8 Å². The van der Waals surface area contributed by atoms with E-state index in [4.69, 9.17) is 0 Å². The van der Waals surface area contributed by atoms with Crippen LogP contribution >= 0.6 is 0 Å². The number of nitrogens with zero attached hydrogens (tertiary/aromatic N) is 4. The van der Waals surface area contributed by atoms with Gasteiger partial charge in [-0.15, -0.1) is 0 Å². The molecule has 2 aromatic rings. The van der Waals surface area contributed by atoms with Crippen LogP contribution in [0.5, 0.6) is 0 Å². The lowest BCUT2D eigenvalue weighted by Gasteiger charge is -2.33. The van der Waals surface area contributed by atoms with E-state index < -0.39 is 0 Å². The summed E-state index contributed by atoms with van der Waals surface area (Å²) in [6.07, 6.45) is 3.56. The smallest absolute Gasteiger partial charge is 0.280 e. The fourth-order valence-electron chi connectivity index (χ4n) is 3.03. The minimum Gasteiger partial charge on any atom is -0.339 e. The van der Waals surface area contributed by atoms with E-state index in [0.717, 1.165) is 25.3 Å². The highest BCUT2D eigenvalue weighted by atomic mass is 16.2. The van der Waals surface area contributed by atoms with Crippen LogP contribution in [0.2, 0.25) is 0 Å². The molecule has 0 fully saturated rings. The normalized spacial score (nSPS) is 16.5. The van der Waals surface area contributed by atoms with Gasteiger partial charge in [0.1, 0.15) is 5.69 Å². The Kier molecular flexibility index (Phi) is 3.14. The number of aliphatic imine (C=N–C) groups is 1. The van der Waals surface area contributed by atoms with Crippen LogP contribution in [0.3, 0.4) is 0 Å². The first-order chi connectivity index (χ1) is 10.8. The van der Waals surface area contributed by atoms with Crippen LogP contribution in [0.4, 0.5) is 5.82 Å². The second kappa shape index (κ2) is 5.29. The molecule has 1 aromatic carbocycles. The maximum absolute atomic E-state index is 12.3. The molecule has 2 aliphatic heterocycles. The number of H-pyrrole nitrogens is 1. The third-order valence-corrected chi connectivity index (χ3v) is 4.08. The van der Waals surface area contributed by atoms with Crippen LogP contribution in [-0.2, 0) is 6.42 Å². The van der Waals surface area contributed by atoms with E-state index in [0.29, 0.717) is 24.6 Å². The summed E-state index contributed by atoms with van der Waals surface area (Å²) in [4.78, 5) is 27.9. The molecule has 6 nitrogen and oxygen atoms in total. The summed E-state index contributed by atoms with van der Waals surface area (Å²) >= 11 is 0. The van der Waals surface area contributed by atoms with Gasteiger partial charge in [-0.25, -0.2) is 4.98 Å². The summed E-state index contributed by atoms with van der Waals surface area (Å²) in [7, 11) is 0. The molecule has 3 heterocycles. The molecule has 2 aliphatic rings. The number of guanidine groups is 1. The predicted octanol–water partition coefficient (Wildman–Crippen LogP) is 1.67. The fourth-order valence-corrected chi connectivity index (χ4v) is 3.03. The number of benzene rings is 1. The summed E-state index contributed by atoms with van der Waals surface area (Å²) in [5.41, 5.74) is 1.89. The zero-order valence-electron chi connectivity index (χ0n) is 12.2. The molecular formula is C16H17N5O. The molecule has 0 spiro atoms. The molecule has 6 heteroatoms. The third-order valence-electron chi connectivity index (χ3n) is 4.08. The van der Waals surface area contributed by atoms with Crippen LogP contribution in [0, 0.1) is 0 Å². The number of aromatic amines is 1. The molecule has 0 aliphatic carbocycles. The van der Waals surface area contributed by atoms with Crippen molar-refractivity contribution in [3.05, 3.63) is 47.9 Å². The van der Waals surface area contributed by atoms with Crippen LogP contribution in [0.1, 0.15) is 22.5 Å². The molecule has 0 bridgehead atoms. The molecule has 4 rings (SSSR count). The maximum Gasteiger partial charge on any atom is 0.280 e. The van der Waals surface area contributed by atoms with E-state index in [1.807, 2.05) is 6.07 Å². The van der Waals surface area contributed by atoms with Crippen molar-refractivity contribution < 1.29 is 4.79 Å². The van der Waals surface area contributed by atoms with Gasteiger partial charge in [-0.3, -0.25) is 19.6 Å². The lowest BCUT2D eigenvalue weighted by molar-refractivity contribution is 0.0846. The second-order valence-electron chi connectivity index (χ2n) is 5.48. The highest BCUT2D eigenvalue weighted by Gasteiger charge is 2.38. The molecular weight excluding hydrogens is 278 g/mol. The first-order valence-electron chi connectivity index (χ1n) is 7.56. The summed E-state index contributed by atoms with van der Waals surface area (Å²) < 4.78 is 0. The van der Waals surface area contributed by atoms with E-state index in [2.05, 4.69) is 44.1 Å². The van der Waals surface area contributed by atoms with E-state index in [9.17, 15) is 4.79 Å². The molecule has 1 aromatic heterocycles. The lowest BCUT2D eigenvalue weighted by Crippen LogP contribution is -2.50. The highest BCUT2D eigenvalue weighted by molar-refractivity contribution is 6.17. The summed E-state index contributed by atoms with van der Waals surface area (Å²) in [5.74, 6) is 1.43. The second-order valence-corrected chi connectivity index (χ2v) is 5.48. The van der Waals surface area contributed by atoms with E-state index in [1.54, 1.807) is 11.2 Å². The number of aryl methyl sites for hydroxylation is 1. The van der Waals surface area contributed by atoms with E-state index in [1.165, 1.54) is 5.56 Å². The topological polar surface area (TPSA) is 64.6 Å². The minimum atomic E-state index is -0.0249. The van der Waals surface area contributed by atoms with Crippen molar-refractivity contribution in [1.82, 2.24) is 14.9 Å². The van der Waals surface area contributed by atoms with Crippen LogP contribution < -0.4 is 4.90 Å². The predicted molar refractivity (Wildman–Crippen MR) is 84.0 cm³/mol. The first-order valence-corrected chi connectivity index (χ1v) is 7.56. The van der Waals surface area contributed by atoms with Gasteiger partial charge >= 0.3 is 0 Å². The van der Waals surface area contributed by atoms with Crippen molar-refractivity contribution in [1.29, 1.82) is 0 Å². The maximum atomic E-state index is 12.3. The monoisotopic (exact) mass is 295 g/mol. The summed E-state index contributed by atoms with van der Waals surface area (Å²) in [6, 6.07) is 10.4. The van der Waals surface area contributed by atoms with Crippen molar-refractivity contribution >= 4 is 17.7 Å². The molecule has 112 valence electrons. The van der Waals surface area contributed by atoms with Gasteiger partial charge < -0.3 is 4.98 Å². The van der Waals surface area contributed by atoms with Crippen molar-refractivity contribution in [3.8, 4) is 0 Å². The standard InChI is InChI=1S/C16H17N5O/c22-15-13-14(19-11-18-13)20(16-17-8-10-21(15)16)9-4-7-12-5-2-1-3-6-12/h1-3,5-6,11H,4,7-10H2,(H,18,19). The van der Waals surface area contributed by atoms with Gasteiger partial charge in [0.05, 0.1) is 12.9 Å². The molecule has 1 N–H and O–H groups in total. The molecule has 0 atom stereocenters. The number of amides is 1. The SMILES string of the molecule is O=C1c2[nH]cnc2N(CCCc2ccccc2)C2=NCCN12. The highest BCUT2D eigenvalue weighted by Crippen LogP contribution is 2.27. The summed E-state index contributed by atoms with van der Waals surface area (Å²) in [5, 5.41) is 0. The van der Waals surface area contributed by atoms with Crippen LogP contribution in [0.15, 0.2) is 41.7 Å². The molecule has 1 amide bonds. The molecule has 0 saturated heterocycles. The van der Waals surface area contributed by atoms with E-state index >= 15 is 0 Å². The molecule has 22 heavy (non-hydrogen) atoms. The minimum absolute atomic E-state index is 0.0249. The summed E-state index contributed by atoms with van der Waals surface area (Å²) in [6.45, 7) is 2.12. The largest absolute Gasteiger partial charge is 0.339 e. The number of carbonyl (C=O) groups excluding carboxylic acids is 1. The molecule has 0 radical (unpaired) electrons. The van der Waals surface area contributed by atoms with Gasteiger partial charge in [0.25, 0.3) is 5.91 Å². The zero-order valence-corrected chi connectivity index (χ0v) is 12.2. The van der Waals surface area contributed by atoms with Gasteiger partial charge in [0, 0.05) is 13.1 Å². The number of hydrogen-bond donors (Lipinski definition) is 1. The Bertz CT molecular complexity index is 721. The van der Waals surface area contributed by atoms with Crippen LogP contribution in [-0.4, -0.2) is 46.4 Å². The number of aromatic nitrogens is 2. The van der Waals surface area contributed by atoms with Crippen molar-refractivity contribution in [3.63, 3.8) is 0 Å². The number of rotatable bonds is 4. The Labute approximate surface area is 128 Å². The number of fused-ring (bicyclic) bond motifs is 2. The average molecular weight is 295 g/mol. The number of nitrogens with one attached hydrogen (secondary N) is 1. The van der Waals surface area contributed by atoms with E-state index in [-0.39, 0.29) is 5.91 Å². The Hall–Kier alpha value is -2.63. The Morgan fingerprint density at radius 2 is 2.09 bits per heavy atom. The average Bonchev–Trinajstić information content (AvgIpc) is 3.21. The number of carbonyl (C=O) groups is 1. The number of anilines is 1. The molecule has 0 saturated carbocycles. The van der Waals surface area contributed by atoms with Crippen molar-refractivity contribution in [2.24, 2.45) is 4.99 Å². The third kappa shape index (κ3) is 2.07. The molecule has 0 unspecified atom stereocenters. The van der Waals surface area contributed by atoms with Gasteiger partial charge in [0.2, 0.25) is 5.96 Å². The zero-order chi connectivity index (χ0) is 14.9. The number of imidazole rings is 1. The van der Waals surface area contributed by atoms with Gasteiger partial charge in [-0.1, -0.05) is 30.3 Å².